The summed E-state index contributed by atoms with van der Waals surface area (Å²) in [7, 11) is 0. The van der Waals surface area contributed by atoms with Crippen molar-refractivity contribution in [2.75, 3.05) is 6.54 Å². The average Bonchev–Trinajstić information content (AvgIpc) is 3.04. The predicted octanol–water partition coefficient (Wildman–Crippen LogP) is 4.13. The third-order valence-corrected chi connectivity index (χ3v) is 3.44. The van der Waals surface area contributed by atoms with E-state index in [9.17, 15) is 0 Å². The first-order valence-electron chi connectivity index (χ1n) is 7.10. The first kappa shape index (κ1) is 13.0. The molecule has 1 atom stereocenters. The van der Waals surface area contributed by atoms with Gasteiger partial charge in [-0.05, 0) is 38.1 Å². The van der Waals surface area contributed by atoms with Gasteiger partial charge in [0, 0.05) is 6.04 Å². The first-order chi connectivity index (χ1) is 7.36. The van der Waals surface area contributed by atoms with E-state index in [4.69, 9.17) is 0 Å². The van der Waals surface area contributed by atoms with Crippen LogP contribution in [0.25, 0.3) is 0 Å². The molecule has 1 rings (SSSR count). The maximum absolute atomic E-state index is 3.68. The molecule has 1 aliphatic carbocycles. The topological polar surface area (TPSA) is 12.0 Å². The van der Waals surface area contributed by atoms with E-state index in [1.54, 1.807) is 0 Å². The van der Waals surface area contributed by atoms with Crippen LogP contribution < -0.4 is 5.32 Å². The molecule has 1 nitrogen and oxygen atoms in total. The summed E-state index contributed by atoms with van der Waals surface area (Å²) in [5, 5.41) is 3.68. The average molecular weight is 211 g/mol. The molecule has 90 valence electrons. The van der Waals surface area contributed by atoms with Gasteiger partial charge >= 0.3 is 0 Å². The lowest BCUT2D eigenvalue weighted by Gasteiger charge is -2.16. The lowest BCUT2D eigenvalue weighted by molar-refractivity contribution is 0.395. The summed E-state index contributed by atoms with van der Waals surface area (Å²) < 4.78 is 0. The fourth-order valence-corrected chi connectivity index (χ4v) is 2.24. The molecule has 1 heteroatoms. The smallest absolute Gasteiger partial charge is 0.00683 e. The van der Waals surface area contributed by atoms with Crippen molar-refractivity contribution < 1.29 is 0 Å². The summed E-state index contributed by atoms with van der Waals surface area (Å²) in [5.74, 6) is 0.951. The van der Waals surface area contributed by atoms with Crippen LogP contribution in [0.5, 0.6) is 0 Å². The Kier molecular flexibility index (Phi) is 7.08. The Morgan fingerprint density at radius 3 is 2.40 bits per heavy atom. The molecule has 0 radical (unpaired) electrons. The normalized spacial score (nSPS) is 18.0. The second-order valence-corrected chi connectivity index (χ2v) is 5.19. The molecule has 0 aromatic carbocycles. The van der Waals surface area contributed by atoms with E-state index in [0.717, 1.165) is 12.0 Å². The van der Waals surface area contributed by atoms with Crippen molar-refractivity contribution in [2.24, 2.45) is 5.92 Å². The van der Waals surface area contributed by atoms with Gasteiger partial charge in [0.1, 0.15) is 0 Å². The molecule has 0 saturated heterocycles. The van der Waals surface area contributed by atoms with Gasteiger partial charge in [-0.3, -0.25) is 0 Å². The van der Waals surface area contributed by atoms with Gasteiger partial charge in [-0.2, -0.15) is 0 Å². The summed E-state index contributed by atoms with van der Waals surface area (Å²) in [6.07, 6.45) is 12.8. The van der Waals surface area contributed by atoms with Crippen LogP contribution in [0.4, 0.5) is 0 Å². The molecule has 1 aliphatic rings. The lowest BCUT2D eigenvalue weighted by Crippen LogP contribution is -2.24. The summed E-state index contributed by atoms with van der Waals surface area (Å²) in [5.41, 5.74) is 0. The maximum Gasteiger partial charge on any atom is 0.00683 e. The van der Waals surface area contributed by atoms with E-state index in [1.165, 1.54) is 64.3 Å². The number of hydrogen-bond donors (Lipinski definition) is 1. The third kappa shape index (κ3) is 6.94. The Labute approximate surface area is 96.0 Å². The van der Waals surface area contributed by atoms with Crippen molar-refractivity contribution in [1.82, 2.24) is 5.32 Å². The van der Waals surface area contributed by atoms with Crippen molar-refractivity contribution in [1.29, 1.82) is 0 Å². The molecule has 1 fully saturated rings. The number of hydrogen-bond acceptors (Lipinski definition) is 1. The Bertz CT molecular complexity index is 140. The van der Waals surface area contributed by atoms with Gasteiger partial charge in [-0.15, -0.1) is 0 Å². The molecule has 15 heavy (non-hydrogen) atoms. The Morgan fingerprint density at radius 1 is 1.00 bits per heavy atom. The second-order valence-electron chi connectivity index (χ2n) is 5.19. The van der Waals surface area contributed by atoms with Crippen LogP contribution in [0.2, 0.25) is 0 Å². The maximum atomic E-state index is 3.68. The molecule has 0 aromatic rings. The highest BCUT2D eigenvalue weighted by Crippen LogP contribution is 2.21. The van der Waals surface area contributed by atoms with Crippen LogP contribution >= 0.6 is 0 Å². The quantitative estimate of drug-likeness (QED) is 0.536. The lowest BCUT2D eigenvalue weighted by atomic mass is 9.96. The van der Waals surface area contributed by atoms with Crippen molar-refractivity contribution in [2.45, 2.75) is 77.7 Å². The van der Waals surface area contributed by atoms with Gasteiger partial charge in [0.05, 0.1) is 0 Å². The third-order valence-electron chi connectivity index (χ3n) is 3.44. The Morgan fingerprint density at radius 2 is 1.80 bits per heavy atom. The van der Waals surface area contributed by atoms with Crippen LogP contribution in [0.1, 0.15) is 71.6 Å². The Balaban J connectivity index is 1.99. The molecule has 1 N–H and O–H groups in total. The first-order valence-corrected chi connectivity index (χ1v) is 7.10. The number of rotatable bonds is 10. The largest absolute Gasteiger partial charge is 0.314 e. The summed E-state index contributed by atoms with van der Waals surface area (Å²) in [6, 6.07) is 0.889. The van der Waals surface area contributed by atoms with Crippen LogP contribution in [0.3, 0.4) is 0 Å². The number of unbranched alkanes of at least 4 members (excludes halogenated alkanes) is 3. The van der Waals surface area contributed by atoms with Crippen LogP contribution in [-0.4, -0.2) is 12.6 Å². The van der Waals surface area contributed by atoms with Crippen molar-refractivity contribution in [3.05, 3.63) is 0 Å². The highest BCUT2D eigenvalue weighted by molar-refractivity contribution is 4.81. The van der Waals surface area contributed by atoms with Crippen LogP contribution in [-0.2, 0) is 0 Å². The molecular formula is C14H29N. The van der Waals surface area contributed by atoms with E-state index in [2.05, 4.69) is 19.2 Å². The van der Waals surface area contributed by atoms with Crippen LogP contribution in [0.15, 0.2) is 0 Å². The van der Waals surface area contributed by atoms with Gasteiger partial charge in [0.25, 0.3) is 0 Å². The van der Waals surface area contributed by atoms with Gasteiger partial charge in [-0.1, -0.05) is 46.0 Å². The minimum atomic E-state index is 0.889. The van der Waals surface area contributed by atoms with E-state index in [1.807, 2.05) is 0 Å². The monoisotopic (exact) mass is 211 g/mol. The van der Waals surface area contributed by atoms with Gasteiger partial charge < -0.3 is 5.32 Å². The van der Waals surface area contributed by atoms with Crippen LogP contribution in [0, 0.1) is 5.92 Å². The highest BCUT2D eigenvalue weighted by atomic mass is 14.9. The fraction of sp³-hybridized carbons (Fsp3) is 1.00. The summed E-state index contributed by atoms with van der Waals surface area (Å²) >= 11 is 0. The minimum Gasteiger partial charge on any atom is -0.314 e. The molecular weight excluding hydrogens is 182 g/mol. The van der Waals surface area contributed by atoms with Crippen molar-refractivity contribution in [3.63, 3.8) is 0 Å². The van der Waals surface area contributed by atoms with Gasteiger partial charge in [0.15, 0.2) is 0 Å². The van der Waals surface area contributed by atoms with E-state index in [0.29, 0.717) is 0 Å². The summed E-state index contributed by atoms with van der Waals surface area (Å²) in [6.45, 7) is 5.89. The highest BCUT2D eigenvalue weighted by Gasteiger charge is 2.21. The van der Waals surface area contributed by atoms with E-state index in [-0.39, 0.29) is 0 Å². The van der Waals surface area contributed by atoms with Gasteiger partial charge in [0.2, 0.25) is 0 Å². The Hall–Kier alpha value is -0.0400. The standard InChI is InChI=1S/C14H29N/c1-3-5-6-7-9-13(8-4-2)12-15-14-10-11-14/h13-15H,3-12H2,1-2H3. The van der Waals surface area contributed by atoms with E-state index >= 15 is 0 Å². The second kappa shape index (κ2) is 8.15. The zero-order valence-corrected chi connectivity index (χ0v) is 10.7. The van der Waals surface area contributed by atoms with Gasteiger partial charge in [-0.25, -0.2) is 0 Å². The fourth-order valence-electron chi connectivity index (χ4n) is 2.24. The molecule has 1 unspecified atom stereocenters. The molecule has 0 spiro atoms. The molecule has 1 saturated carbocycles. The van der Waals surface area contributed by atoms with Crippen molar-refractivity contribution in [3.8, 4) is 0 Å². The van der Waals surface area contributed by atoms with Crippen molar-refractivity contribution >= 4 is 0 Å². The van der Waals surface area contributed by atoms with E-state index < -0.39 is 0 Å². The molecule has 0 bridgehead atoms. The predicted molar refractivity (Wildman–Crippen MR) is 68.2 cm³/mol. The molecule has 0 heterocycles. The minimum absolute atomic E-state index is 0.889. The molecule has 0 amide bonds. The zero-order valence-electron chi connectivity index (χ0n) is 10.7. The number of nitrogens with one attached hydrogen (secondary N) is 1. The zero-order chi connectivity index (χ0) is 10.9. The SMILES string of the molecule is CCCCCCC(CCC)CNC1CC1. The summed E-state index contributed by atoms with van der Waals surface area (Å²) in [4.78, 5) is 0. The molecule has 0 aliphatic heterocycles. The molecule has 0 aromatic heterocycles.